The highest BCUT2D eigenvalue weighted by Crippen LogP contribution is 2.24. The molecule has 19 heavy (non-hydrogen) atoms. The fourth-order valence-electron chi connectivity index (χ4n) is 1.34. The van der Waals surface area contributed by atoms with Gasteiger partial charge in [-0.25, -0.2) is 0 Å². The number of ether oxygens (including phenoxy) is 1. The number of aliphatic hydroxyl groups excluding tert-OH is 1. The van der Waals surface area contributed by atoms with Crippen LogP contribution in [0.3, 0.4) is 0 Å². The molecule has 0 bridgehead atoms. The van der Waals surface area contributed by atoms with E-state index in [9.17, 15) is 23.3 Å². The Hall–Kier alpha value is -1.67. The topological polar surface area (TPSA) is 72.6 Å². The van der Waals surface area contributed by atoms with E-state index in [1.54, 1.807) is 0 Å². The molecule has 1 aromatic rings. The van der Waals surface area contributed by atoms with Crippen LogP contribution in [0.2, 0.25) is 0 Å². The van der Waals surface area contributed by atoms with Crippen LogP contribution >= 0.6 is 0 Å². The summed E-state index contributed by atoms with van der Waals surface area (Å²) >= 11 is 0. The monoisotopic (exact) mass is 279 g/mol. The van der Waals surface area contributed by atoms with Gasteiger partial charge in [-0.1, -0.05) is 12.1 Å². The molecular weight excluding hydrogens is 267 g/mol. The molecule has 1 rings (SSSR count). The van der Waals surface area contributed by atoms with Crippen LogP contribution in [-0.4, -0.2) is 28.4 Å². The van der Waals surface area contributed by atoms with Crippen molar-refractivity contribution in [3.63, 3.8) is 0 Å². The molecule has 1 N–H and O–H groups in total. The summed E-state index contributed by atoms with van der Waals surface area (Å²) < 4.78 is 41.4. The van der Waals surface area contributed by atoms with E-state index in [1.807, 2.05) is 0 Å². The van der Waals surface area contributed by atoms with E-state index >= 15 is 0 Å². The minimum Gasteiger partial charge on any atom is -0.381 e. The molecule has 5 nitrogen and oxygen atoms in total. The molecule has 0 amide bonds. The second-order valence-corrected chi connectivity index (χ2v) is 3.93. The smallest absolute Gasteiger partial charge is 0.381 e. The van der Waals surface area contributed by atoms with Crippen molar-refractivity contribution in [1.29, 1.82) is 0 Å². The van der Waals surface area contributed by atoms with Crippen LogP contribution in [0.15, 0.2) is 24.3 Å². The number of benzene rings is 1. The van der Waals surface area contributed by atoms with Crippen molar-refractivity contribution in [3.05, 3.63) is 39.9 Å². The third-order valence-corrected chi connectivity index (χ3v) is 2.41. The zero-order chi connectivity index (χ0) is 14.6. The van der Waals surface area contributed by atoms with Gasteiger partial charge in [-0.05, 0) is 12.5 Å². The quantitative estimate of drug-likeness (QED) is 0.663. The van der Waals surface area contributed by atoms with E-state index in [0.717, 1.165) is 6.92 Å². The SMILES string of the molecule is C[C@H](OCc1cccc([N+](=O)[O-])c1)[C@H](O)C(F)(F)F. The van der Waals surface area contributed by atoms with Gasteiger partial charge in [0.25, 0.3) is 5.69 Å². The standard InChI is InChI=1S/C11H12F3NO4/c1-7(10(16)11(12,13)14)19-6-8-3-2-4-9(5-8)15(17)18/h2-5,7,10,16H,6H2,1H3/t7-,10-/m0/s1. The van der Waals surface area contributed by atoms with Crippen molar-refractivity contribution < 1.29 is 27.9 Å². The van der Waals surface area contributed by atoms with Crippen molar-refractivity contribution in [2.75, 3.05) is 0 Å². The number of nitrogens with zero attached hydrogens (tertiary/aromatic N) is 1. The van der Waals surface area contributed by atoms with Crippen molar-refractivity contribution in [2.45, 2.75) is 31.9 Å². The third kappa shape index (κ3) is 4.49. The molecule has 0 radical (unpaired) electrons. The van der Waals surface area contributed by atoms with Gasteiger partial charge in [-0.3, -0.25) is 10.1 Å². The second-order valence-electron chi connectivity index (χ2n) is 3.93. The molecule has 0 fully saturated rings. The van der Waals surface area contributed by atoms with Crippen LogP contribution in [0, 0.1) is 10.1 Å². The van der Waals surface area contributed by atoms with E-state index < -0.39 is 23.3 Å². The van der Waals surface area contributed by atoms with Crippen LogP contribution in [0.1, 0.15) is 12.5 Å². The summed E-state index contributed by atoms with van der Waals surface area (Å²) in [6.07, 6.45) is -8.81. The van der Waals surface area contributed by atoms with Crippen molar-refractivity contribution in [2.24, 2.45) is 0 Å². The maximum atomic E-state index is 12.2. The normalized spacial score (nSPS) is 15.0. The first-order valence-electron chi connectivity index (χ1n) is 5.31. The molecule has 2 atom stereocenters. The lowest BCUT2D eigenvalue weighted by Crippen LogP contribution is -2.39. The lowest BCUT2D eigenvalue weighted by molar-refractivity contribution is -0.385. The van der Waals surface area contributed by atoms with E-state index in [0.29, 0.717) is 5.56 Å². The summed E-state index contributed by atoms with van der Waals surface area (Å²) in [5.74, 6) is 0. The highest BCUT2D eigenvalue weighted by molar-refractivity contribution is 5.33. The van der Waals surface area contributed by atoms with Crippen LogP contribution in [-0.2, 0) is 11.3 Å². The Morgan fingerprint density at radius 2 is 2.11 bits per heavy atom. The number of nitro benzene ring substituents is 1. The number of nitro groups is 1. The Morgan fingerprint density at radius 1 is 1.47 bits per heavy atom. The number of alkyl halides is 3. The molecule has 0 saturated heterocycles. The van der Waals surface area contributed by atoms with E-state index in [1.165, 1.54) is 24.3 Å². The molecule has 0 aliphatic heterocycles. The van der Waals surface area contributed by atoms with Gasteiger partial charge < -0.3 is 9.84 Å². The van der Waals surface area contributed by atoms with Crippen LogP contribution in [0.4, 0.5) is 18.9 Å². The summed E-state index contributed by atoms with van der Waals surface area (Å²) in [7, 11) is 0. The summed E-state index contributed by atoms with van der Waals surface area (Å²) in [5.41, 5.74) is 0.181. The Balaban J connectivity index is 2.62. The zero-order valence-corrected chi connectivity index (χ0v) is 9.92. The maximum absolute atomic E-state index is 12.2. The van der Waals surface area contributed by atoms with Crippen LogP contribution < -0.4 is 0 Å². The third-order valence-electron chi connectivity index (χ3n) is 2.41. The first kappa shape index (κ1) is 15.4. The molecule has 0 aliphatic rings. The maximum Gasteiger partial charge on any atom is 0.416 e. The average molecular weight is 279 g/mol. The highest BCUT2D eigenvalue weighted by Gasteiger charge is 2.42. The predicted molar refractivity (Wildman–Crippen MR) is 59.4 cm³/mol. The van der Waals surface area contributed by atoms with E-state index in [-0.39, 0.29) is 12.3 Å². The first-order valence-corrected chi connectivity index (χ1v) is 5.31. The number of hydrogen-bond acceptors (Lipinski definition) is 4. The zero-order valence-electron chi connectivity index (χ0n) is 9.92. The van der Waals surface area contributed by atoms with Gasteiger partial charge in [0.1, 0.15) is 0 Å². The Morgan fingerprint density at radius 3 is 2.63 bits per heavy atom. The van der Waals surface area contributed by atoms with Crippen molar-refractivity contribution in [3.8, 4) is 0 Å². The van der Waals surface area contributed by atoms with Gasteiger partial charge in [0, 0.05) is 12.1 Å². The van der Waals surface area contributed by atoms with E-state index in [4.69, 9.17) is 9.84 Å². The number of hydrogen-bond donors (Lipinski definition) is 1. The molecule has 1 aromatic carbocycles. The fraction of sp³-hybridized carbons (Fsp3) is 0.455. The van der Waals surface area contributed by atoms with Crippen molar-refractivity contribution in [1.82, 2.24) is 0 Å². The minimum atomic E-state index is -4.76. The average Bonchev–Trinajstić information content (AvgIpc) is 2.34. The molecular formula is C11H12F3NO4. The summed E-state index contributed by atoms with van der Waals surface area (Å²) in [6, 6.07) is 5.35. The predicted octanol–water partition coefficient (Wildman–Crippen LogP) is 2.42. The Kier molecular flexibility index (Phi) is 4.84. The highest BCUT2D eigenvalue weighted by atomic mass is 19.4. The molecule has 106 valence electrons. The molecule has 0 spiro atoms. The molecule has 0 unspecified atom stereocenters. The largest absolute Gasteiger partial charge is 0.416 e. The van der Waals surface area contributed by atoms with Gasteiger partial charge in [-0.2, -0.15) is 13.2 Å². The molecule has 0 saturated carbocycles. The first-order chi connectivity index (χ1) is 8.71. The number of rotatable bonds is 5. The second kappa shape index (κ2) is 5.98. The molecule has 0 heterocycles. The van der Waals surface area contributed by atoms with Gasteiger partial charge in [0.15, 0.2) is 6.10 Å². The fourth-order valence-corrected chi connectivity index (χ4v) is 1.34. The van der Waals surface area contributed by atoms with Gasteiger partial charge in [0.2, 0.25) is 0 Å². The van der Waals surface area contributed by atoms with Gasteiger partial charge in [0.05, 0.1) is 17.6 Å². The Labute approximate surface area is 106 Å². The van der Waals surface area contributed by atoms with Crippen LogP contribution in [0.5, 0.6) is 0 Å². The lowest BCUT2D eigenvalue weighted by atomic mass is 10.2. The van der Waals surface area contributed by atoms with E-state index in [2.05, 4.69) is 0 Å². The molecule has 8 heteroatoms. The lowest BCUT2D eigenvalue weighted by Gasteiger charge is -2.21. The van der Waals surface area contributed by atoms with Gasteiger partial charge in [-0.15, -0.1) is 0 Å². The Bertz CT molecular complexity index is 450. The van der Waals surface area contributed by atoms with Crippen molar-refractivity contribution >= 4 is 5.69 Å². The number of halogens is 3. The molecule has 0 aliphatic carbocycles. The summed E-state index contributed by atoms with van der Waals surface area (Å²) in [6.45, 7) is 0.825. The molecule has 0 aromatic heterocycles. The van der Waals surface area contributed by atoms with Gasteiger partial charge >= 0.3 is 6.18 Å². The minimum absolute atomic E-state index is 0.176. The summed E-state index contributed by atoms with van der Waals surface area (Å²) in [5, 5.41) is 19.4. The summed E-state index contributed by atoms with van der Waals surface area (Å²) in [4.78, 5) is 9.89. The number of non-ortho nitro benzene ring substituents is 1. The number of aliphatic hydroxyl groups is 1. The van der Waals surface area contributed by atoms with Crippen LogP contribution in [0.25, 0.3) is 0 Å².